The van der Waals surface area contributed by atoms with Crippen LogP contribution in [-0.2, 0) is 6.54 Å². The summed E-state index contributed by atoms with van der Waals surface area (Å²) in [5, 5.41) is 0. The van der Waals surface area contributed by atoms with Crippen LogP contribution >= 0.6 is 0 Å². The van der Waals surface area contributed by atoms with Gasteiger partial charge in [0.15, 0.2) is 0 Å². The third kappa shape index (κ3) is 8.23. The molecule has 1 aliphatic rings. The van der Waals surface area contributed by atoms with Crippen molar-refractivity contribution in [1.82, 2.24) is 9.80 Å². The van der Waals surface area contributed by atoms with Crippen LogP contribution in [0, 0.1) is 17.8 Å². The van der Waals surface area contributed by atoms with Crippen LogP contribution in [0.4, 0.5) is 0 Å². The van der Waals surface area contributed by atoms with Crippen LogP contribution in [0.25, 0.3) is 11.1 Å². The number of likely N-dealkylation sites (tertiary alicyclic amines) is 1. The van der Waals surface area contributed by atoms with E-state index in [9.17, 15) is 4.79 Å². The van der Waals surface area contributed by atoms with Crippen molar-refractivity contribution in [2.75, 3.05) is 26.7 Å². The monoisotopic (exact) mass is 536 g/mol. The van der Waals surface area contributed by atoms with E-state index in [1.807, 2.05) is 36.4 Å². The summed E-state index contributed by atoms with van der Waals surface area (Å²) >= 11 is 0. The highest BCUT2D eigenvalue weighted by atomic mass is 16.5. The van der Waals surface area contributed by atoms with Crippen molar-refractivity contribution in [1.29, 1.82) is 0 Å². The molecule has 0 aliphatic carbocycles. The topological polar surface area (TPSA) is 32.8 Å². The highest BCUT2D eigenvalue weighted by Crippen LogP contribution is 2.26. The van der Waals surface area contributed by atoms with E-state index in [1.54, 1.807) is 7.11 Å². The minimum atomic E-state index is 0.0963. The molecule has 4 heteroatoms. The summed E-state index contributed by atoms with van der Waals surface area (Å²) in [5.74, 6) is 8.10. The Kier molecular flexibility index (Phi) is 10.8. The van der Waals surface area contributed by atoms with Crippen molar-refractivity contribution < 1.29 is 9.53 Å². The average molecular weight is 537 g/mol. The second-order valence-corrected chi connectivity index (χ2v) is 11.2. The molecule has 0 radical (unpaired) electrons. The lowest BCUT2D eigenvalue weighted by molar-refractivity contribution is 0.0546. The number of benzene rings is 3. The van der Waals surface area contributed by atoms with Crippen molar-refractivity contribution in [2.24, 2.45) is 5.92 Å². The molecular weight excluding hydrogens is 492 g/mol. The van der Waals surface area contributed by atoms with Crippen LogP contribution in [0.3, 0.4) is 0 Å². The van der Waals surface area contributed by atoms with Crippen LogP contribution in [0.1, 0.15) is 74.4 Å². The van der Waals surface area contributed by atoms with Gasteiger partial charge in [0.05, 0.1) is 7.11 Å². The van der Waals surface area contributed by atoms with E-state index in [4.69, 9.17) is 4.74 Å². The zero-order chi connectivity index (χ0) is 28.3. The lowest BCUT2D eigenvalue weighted by Crippen LogP contribution is -2.47. The molecular formula is C36H44N2O2. The lowest BCUT2D eigenvalue weighted by Gasteiger charge is -2.39. The molecule has 3 aromatic carbocycles. The first-order chi connectivity index (χ1) is 19.5. The van der Waals surface area contributed by atoms with Gasteiger partial charge in [-0.1, -0.05) is 75.1 Å². The fourth-order valence-electron chi connectivity index (χ4n) is 5.23. The normalized spacial score (nSPS) is 14.0. The van der Waals surface area contributed by atoms with E-state index in [0.717, 1.165) is 78.9 Å². The largest absolute Gasteiger partial charge is 0.497 e. The molecule has 0 atom stereocenters. The molecule has 4 rings (SSSR count). The van der Waals surface area contributed by atoms with Gasteiger partial charge < -0.3 is 14.5 Å². The number of carbonyl (C=O) groups excluding carboxylic acids is 1. The number of ether oxygens (including phenoxy) is 1. The number of piperidine rings is 1. The van der Waals surface area contributed by atoms with Gasteiger partial charge in [-0.25, -0.2) is 0 Å². The third-order valence-corrected chi connectivity index (χ3v) is 7.73. The van der Waals surface area contributed by atoms with Crippen LogP contribution in [0.5, 0.6) is 5.75 Å². The maximum Gasteiger partial charge on any atom is 0.254 e. The van der Waals surface area contributed by atoms with Crippen molar-refractivity contribution >= 4 is 5.91 Å². The molecule has 4 nitrogen and oxygen atoms in total. The summed E-state index contributed by atoms with van der Waals surface area (Å²) in [6.07, 6.45) is 5.13. The minimum Gasteiger partial charge on any atom is -0.497 e. The molecule has 0 spiro atoms. The van der Waals surface area contributed by atoms with Crippen LogP contribution in [-0.4, -0.2) is 48.5 Å². The Morgan fingerprint density at radius 1 is 1.00 bits per heavy atom. The molecule has 3 aromatic rings. The van der Waals surface area contributed by atoms with Crippen LogP contribution in [0.15, 0.2) is 72.8 Å². The Morgan fingerprint density at radius 2 is 1.68 bits per heavy atom. The Morgan fingerprint density at radius 3 is 2.30 bits per heavy atom. The Balaban J connectivity index is 1.53. The lowest BCUT2D eigenvalue weighted by atomic mass is 9.99. The van der Waals surface area contributed by atoms with Crippen molar-refractivity contribution in [3.63, 3.8) is 0 Å². The maximum atomic E-state index is 14.0. The first kappa shape index (κ1) is 29.4. The van der Waals surface area contributed by atoms with Gasteiger partial charge in [-0.2, -0.15) is 0 Å². The second kappa shape index (κ2) is 14.7. The Labute approximate surface area is 241 Å². The molecule has 0 N–H and O–H groups in total. The summed E-state index contributed by atoms with van der Waals surface area (Å²) in [7, 11) is 1.68. The van der Waals surface area contributed by atoms with Gasteiger partial charge in [0, 0.05) is 43.2 Å². The molecule has 0 bridgehead atoms. The van der Waals surface area contributed by atoms with Gasteiger partial charge in [0.25, 0.3) is 5.91 Å². The molecule has 40 heavy (non-hydrogen) atoms. The fourth-order valence-corrected chi connectivity index (χ4v) is 5.23. The summed E-state index contributed by atoms with van der Waals surface area (Å²) in [6.45, 7) is 10.5. The van der Waals surface area contributed by atoms with Crippen molar-refractivity contribution in [3.05, 3.63) is 89.5 Å². The highest BCUT2D eigenvalue weighted by molar-refractivity contribution is 5.94. The summed E-state index contributed by atoms with van der Waals surface area (Å²) in [5.41, 5.74) is 5.08. The number of unbranched alkanes of at least 4 members (excludes halogenated alkanes) is 1. The number of hydrogen-bond donors (Lipinski definition) is 0. The number of methoxy groups -OCH3 is 1. The van der Waals surface area contributed by atoms with E-state index in [1.165, 1.54) is 6.42 Å². The number of hydrogen-bond acceptors (Lipinski definition) is 3. The molecule has 1 fully saturated rings. The quantitative estimate of drug-likeness (QED) is 0.249. The fraction of sp³-hybridized carbons (Fsp3) is 0.417. The van der Waals surface area contributed by atoms with Gasteiger partial charge in [-0.3, -0.25) is 4.79 Å². The van der Waals surface area contributed by atoms with Crippen molar-refractivity contribution in [2.45, 2.75) is 65.5 Å². The molecule has 0 aromatic heterocycles. The van der Waals surface area contributed by atoms with Crippen molar-refractivity contribution in [3.8, 4) is 28.7 Å². The molecule has 1 amide bonds. The van der Waals surface area contributed by atoms with Gasteiger partial charge in [-0.05, 0) is 85.2 Å². The average Bonchev–Trinajstić information content (AvgIpc) is 2.99. The molecule has 0 saturated carbocycles. The number of amides is 1. The SMILES string of the molecule is CCCC#Cc1cccc(C(=O)N(Cc2ccc(-c3ccc(OC)cc3)cc2)C2CCN(CCC(C)C)CC2)c1. The molecule has 210 valence electrons. The van der Waals surface area contributed by atoms with E-state index < -0.39 is 0 Å². The summed E-state index contributed by atoms with van der Waals surface area (Å²) in [4.78, 5) is 18.7. The zero-order valence-corrected chi connectivity index (χ0v) is 24.7. The van der Waals surface area contributed by atoms with Gasteiger partial charge in [-0.15, -0.1) is 0 Å². The summed E-state index contributed by atoms with van der Waals surface area (Å²) in [6, 6.07) is 24.8. The van der Waals surface area contributed by atoms with Crippen LogP contribution < -0.4 is 4.74 Å². The smallest absolute Gasteiger partial charge is 0.254 e. The van der Waals surface area contributed by atoms with E-state index in [-0.39, 0.29) is 11.9 Å². The predicted molar refractivity (Wildman–Crippen MR) is 165 cm³/mol. The van der Waals surface area contributed by atoms with Gasteiger partial charge >= 0.3 is 0 Å². The first-order valence-electron chi connectivity index (χ1n) is 14.8. The maximum absolute atomic E-state index is 14.0. The third-order valence-electron chi connectivity index (χ3n) is 7.73. The molecule has 1 saturated heterocycles. The molecule has 0 unspecified atom stereocenters. The van der Waals surface area contributed by atoms with E-state index >= 15 is 0 Å². The number of carbonyl (C=O) groups is 1. The van der Waals surface area contributed by atoms with Crippen LogP contribution in [0.2, 0.25) is 0 Å². The number of rotatable bonds is 10. The van der Waals surface area contributed by atoms with Gasteiger partial charge in [0.1, 0.15) is 5.75 Å². The van der Waals surface area contributed by atoms with Gasteiger partial charge in [0.2, 0.25) is 0 Å². The first-order valence-corrected chi connectivity index (χ1v) is 14.8. The minimum absolute atomic E-state index is 0.0963. The summed E-state index contributed by atoms with van der Waals surface area (Å²) < 4.78 is 5.30. The Bertz CT molecular complexity index is 1280. The highest BCUT2D eigenvalue weighted by Gasteiger charge is 2.29. The second-order valence-electron chi connectivity index (χ2n) is 11.2. The zero-order valence-electron chi connectivity index (χ0n) is 24.7. The standard InChI is InChI=1S/C36H44N2O2/c1-5-6-7-9-29-10-8-11-33(26-29)36(39)38(34-21-24-37(25-22-34)23-20-28(2)3)27-30-12-14-31(15-13-30)32-16-18-35(40-4)19-17-32/h8,10-19,26,28,34H,5-6,20-25,27H2,1-4H3. The number of nitrogens with zero attached hydrogens (tertiary/aromatic N) is 2. The molecule has 1 aliphatic heterocycles. The van der Waals surface area contributed by atoms with E-state index in [0.29, 0.717) is 12.5 Å². The van der Waals surface area contributed by atoms with E-state index in [2.05, 4.69) is 78.8 Å². The predicted octanol–water partition coefficient (Wildman–Crippen LogP) is 7.67. The molecule has 1 heterocycles. The Hall–Kier alpha value is -3.55.